The molecule has 6 heterocycles. The fourth-order valence-electron chi connectivity index (χ4n) is 8.01. The second kappa shape index (κ2) is 11.6. The third-order valence-corrected chi connectivity index (χ3v) is 10.6. The van der Waals surface area contributed by atoms with E-state index in [-0.39, 0.29) is 23.1 Å². The van der Waals surface area contributed by atoms with E-state index in [1.165, 1.54) is 18.5 Å². The first kappa shape index (κ1) is 29.4. The Labute approximate surface area is 258 Å². The van der Waals surface area contributed by atoms with Gasteiger partial charge in [0.25, 0.3) is 6.43 Å². The van der Waals surface area contributed by atoms with E-state index in [0.717, 1.165) is 80.9 Å². The van der Waals surface area contributed by atoms with Gasteiger partial charge in [-0.2, -0.15) is 10.2 Å². The Morgan fingerprint density at radius 2 is 1.86 bits per heavy atom. The molecule has 11 heteroatoms. The fourth-order valence-corrected chi connectivity index (χ4v) is 8.01. The van der Waals surface area contributed by atoms with Crippen LogP contribution in [0.4, 0.5) is 20.3 Å². The molecule has 9 nitrogen and oxygen atoms in total. The second-order valence-corrected chi connectivity index (χ2v) is 13.4. The number of hydrogen-bond acceptors (Lipinski definition) is 6. The Morgan fingerprint density at radius 3 is 2.55 bits per heavy atom. The van der Waals surface area contributed by atoms with E-state index < -0.39 is 6.43 Å². The molecule has 0 atom stereocenters. The zero-order chi connectivity index (χ0) is 30.6. The van der Waals surface area contributed by atoms with Gasteiger partial charge in [-0.25, -0.2) is 8.78 Å². The highest BCUT2D eigenvalue weighted by atomic mass is 19.3. The van der Waals surface area contributed by atoms with Crippen molar-refractivity contribution in [2.75, 3.05) is 44.2 Å². The van der Waals surface area contributed by atoms with Crippen LogP contribution in [0, 0.1) is 0 Å². The molecule has 1 N–H and O–H groups in total. The largest absolute Gasteiger partial charge is 0.338 e. The number of aromatic nitrogens is 4. The minimum Gasteiger partial charge on any atom is -0.338 e. The standard InChI is InChI=1S/C33H44F2N8O/c1-22(44)40-14-8-29-28(21-40)32(38-43(29)25-6-15-41(16-7-25)33(2)9-11-36-12-10-33)42-13-4-5-23-17-26(24-19-37-39(3)20-24)27(31(34)35)18-30(23)42/h17-20,25,31,36H,4-16,21H2,1-3H3. The summed E-state index contributed by atoms with van der Waals surface area (Å²) in [4.78, 5) is 19.2. The number of likely N-dealkylation sites (tertiary alicyclic amines) is 1. The van der Waals surface area contributed by atoms with Gasteiger partial charge in [-0.15, -0.1) is 0 Å². The number of aryl methyl sites for hydroxylation is 2. The lowest BCUT2D eigenvalue weighted by molar-refractivity contribution is -0.129. The maximum atomic E-state index is 14.6. The molecule has 0 radical (unpaired) electrons. The predicted molar refractivity (Wildman–Crippen MR) is 166 cm³/mol. The Hall–Kier alpha value is -3.31. The lowest BCUT2D eigenvalue weighted by atomic mass is 9.86. The molecule has 4 aliphatic heterocycles. The van der Waals surface area contributed by atoms with Crippen LogP contribution in [0.1, 0.15) is 80.8 Å². The monoisotopic (exact) mass is 606 g/mol. The zero-order valence-corrected chi connectivity index (χ0v) is 26.2. The number of hydrogen-bond donors (Lipinski definition) is 1. The number of anilines is 2. The number of nitrogens with one attached hydrogen (secondary N) is 1. The number of alkyl halides is 2. The van der Waals surface area contributed by atoms with Crippen molar-refractivity contribution in [3.05, 3.63) is 46.9 Å². The van der Waals surface area contributed by atoms with Gasteiger partial charge in [-0.3, -0.25) is 19.1 Å². The number of benzene rings is 1. The molecule has 0 saturated carbocycles. The quantitative estimate of drug-likeness (QED) is 0.441. The number of halogens is 2. The summed E-state index contributed by atoms with van der Waals surface area (Å²) in [6.45, 7) is 10.2. The van der Waals surface area contributed by atoms with Crippen LogP contribution >= 0.6 is 0 Å². The normalized spacial score (nSPS) is 21.0. The number of carbonyl (C=O) groups excluding carboxylic acids is 1. The van der Waals surface area contributed by atoms with Crippen LogP contribution in [0.15, 0.2) is 24.5 Å². The lowest BCUT2D eigenvalue weighted by Gasteiger charge is -2.47. The molecule has 3 aromatic rings. The van der Waals surface area contributed by atoms with Crippen LogP contribution in [0.5, 0.6) is 0 Å². The van der Waals surface area contributed by atoms with Crippen molar-refractivity contribution >= 4 is 17.4 Å². The number of carbonyl (C=O) groups is 1. The predicted octanol–water partition coefficient (Wildman–Crippen LogP) is 4.99. The molecule has 2 saturated heterocycles. The van der Waals surface area contributed by atoms with Gasteiger partial charge in [0, 0.05) is 86.4 Å². The van der Waals surface area contributed by atoms with Crippen LogP contribution in [-0.4, -0.2) is 80.1 Å². The number of amides is 1. The average molecular weight is 607 g/mol. The summed E-state index contributed by atoms with van der Waals surface area (Å²) in [5.41, 5.74) is 5.64. The maximum Gasteiger partial charge on any atom is 0.264 e. The van der Waals surface area contributed by atoms with Gasteiger partial charge in [0.2, 0.25) is 5.91 Å². The van der Waals surface area contributed by atoms with Crippen LogP contribution in [0.2, 0.25) is 0 Å². The first-order chi connectivity index (χ1) is 21.2. The molecule has 44 heavy (non-hydrogen) atoms. The first-order valence-electron chi connectivity index (χ1n) is 16.2. The van der Waals surface area contributed by atoms with Crippen molar-refractivity contribution in [3.63, 3.8) is 0 Å². The van der Waals surface area contributed by atoms with Crippen molar-refractivity contribution in [2.45, 2.75) is 83.3 Å². The summed E-state index contributed by atoms with van der Waals surface area (Å²) in [7, 11) is 1.80. The van der Waals surface area contributed by atoms with Gasteiger partial charge in [0.05, 0.1) is 18.8 Å². The number of rotatable bonds is 5. The molecule has 4 aliphatic rings. The van der Waals surface area contributed by atoms with Crippen LogP contribution < -0.4 is 10.2 Å². The molecule has 2 aromatic heterocycles. The average Bonchev–Trinajstić information content (AvgIpc) is 3.64. The van der Waals surface area contributed by atoms with Crippen LogP contribution in [-0.2, 0) is 31.2 Å². The molecular formula is C33H44F2N8O. The van der Waals surface area contributed by atoms with E-state index >= 15 is 0 Å². The van der Waals surface area contributed by atoms with Gasteiger partial charge in [-0.05, 0) is 81.8 Å². The molecule has 0 spiro atoms. The van der Waals surface area contributed by atoms with Crippen molar-refractivity contribution < 1.29 is 13.6 Å². The van der Waals surface area contributed by atoms with E-state index in [1.54, 1.807) is 37.1 Å². The van der Waals surface area contributed by atoms with Gasteiger partial charge in [-0.1, -0.05) is 0 Å². The van der Waals surface area contributed by atoms with Gasteiger partial charge < -0.3 is 15.1 Å². The minimum atomic E-state index is -2.62. The molecular weight excluding hydrogens is 562 g/mol. The van der Waals surface area contributed by atoms with Crippen molar-refractivity contribution in [3.8, 4) is 11.1 Å². The van der Waals surface area contributed by atoms with Gasteiger partial charge in [0.1, 0.15) is 0 Å². The third kappa shape index (κ3) is 5.21. The SMILES string of the molecule is CC(=O)N1CCc2c(c(N3CCCc4cc(-c5cnn(C)c5)c(C(F)F)cc43)nn2C2CCN(C3(C)CCNCC3)CC2)C1. The van der Waals surface area contributed by atoms with E-state index in [9.17, 15) is 13.6 Å². The Morgan fingerprint density at radius 1 is 1.09 bits per heavy atom. The summed E-state index contributed by atoms with van der Waals surface area (Å²) in [5, 5.41) is 13.1. The lowest BCUT2D eigenvalue weighted by Crippen LogP contribution is -2.55. The molecule has 236 valence electrons. The number of piperidine rings is 2. The minimum absolute atomic E-state index is 0.0149. The Bertz CT molecular complexity index is 1530. The van der Waals surface area contributed by atoms with Gasteiger partial charge in [0.15, 0.2) is 5.82 Å². The number of nitrogens with zero attached hydrogens (tertiary/aromatic N) is 7. The first-order valence-corrected chi connectivity index (χ1v) is 16.2. The molecule has 7 rings (SSSR count). The van der Waals surface area contributed by atoms with Crippen molar-refractivity contribution in [1.29, 1.82) is 0 Å². The maximum absolute atomic E-state index is 14.6. The summed E-state index contributed by atoms with van der Waals surface area (Å²) < 4.78 is 33.0. The topological polar surface area (TPSA) is 74.5 Å². The highest BCUT2D eigenvalue weighted by Gasteiger charge is 2.38. The van der Waals surface area contributed by atoms with E-state index in [1.807, 2.05) is 11.0 Å². The van der Waals surface area contributed by atoms with Gasteiger partial charge >= 0.3 is 0 Å². The van der Waals surface area contributed by atoms with E-state index in [2.05, 4.69) is 31.8 Å². The highest BCUT2D eigenvalue weighted by molar-refractivity contribution is 5.78. The summed E-state index contributed by atoms with van der Waals surface area (Å²) in [6.07, 6.45) is 7.73. The molecule has 1 amide bonds. The van der Waals surface area contributed by atoms with Crippen molar-refractivity contribution in [1.82, 2.24) is 34.7 Å². The third-order valence-electron chi connectivity index (χ3n) is 10.6. The van der Waals surface area contributed by atoms with E-state index in [0.29, 0.717) is 30.8 Å². The molecule has 0 bridgehead atoms. The van der Waals surface area contributed by atoms with E-state index in [4.69, 9.17) is 5.10 Å². The summed E-state index contributed by atoms with van der Waals surface area (Å²) in [5.74, 6) is 0.881. The fraction of sp³-hybridized carbons (Fsp3) is 0.606. The zero-order valence-electron chi connectivity index (χ0n) is 26.2. The highest BCUT2D eigenvalue weighted by Crippen LogP contribution is 2.44. The Kier molecular flexibility index (Phi) is 7.73. The number of fused-ring (bicyclic) bond motifs is 2. The second-order valence-electron chi connectivity index (χ2n) is 13.4. The molecule has 2 fully saturated rings. The van der Waals surface area contributed by atoms with Crippen LogP contribution in [0.3, 0.4) is 0 Å². The molecule has 0 aliphatic carbocycles. The molecule has 0 unspecified atom stereocenters. The summed E-state index contributed by atoms with van der Waals surface area (Å²) in [6, 6.07) is 3.90. The smallest absolute Gasteiger partial charge is 0.264 e. The van der Waals surface area contributed by atoms with Crippen LogP contribution in [0.25, 0.3) is 11.1 Å². The Balaban J connectivity index is 1.25. The van der Waals surface area contributed by atoms with Crippen molar-refractivity contribution in [2.24, 2.45) is 7.05 Å². The summed E-state index contributed by atoms with van der Waals surface area (Å²) >= 11 is 0. The molecule has 1 aromatic carbocycles.